The van der Waals surface area contributed by atoms with Gasteiger partial charge in [0.05, 0.1) is 10.6 Å². The number of halogens is 1. The van der Waals surface area contributed by atoms with Gasteiger partial charge in [-0.05, 0) is 54.1 Å². The Morgan fingerprint density at radius 2 is 1.68 bits per heavy atom. The van der Waals surface area contributed by atoms with Crippen LogP contribution in [0.1, 0.15) is 5.56 Å². The Kier molecular flexibility index (Phi) is 5.77. The van der Waals surface area contributed by atoms with E-state index in [0.29, 0.717) is 11.5 Å². The summed E-state index contributed by atoms with van der Waals surface area (Å²) < 4.78 is 51.3. The van der Waals surface area contributed by atoms with Gasteiger partial charge in [-0.3, -0.25) is 9.10 Å². The number of nitrogens with zero attached hydrogens (tertiary/aromatic N) is 1. The van der Waals surface area contributed by atoms with Crippen LogP contribution in [0.5, 0.6) is 11.5 Å². The molecule has 3 aromatic carbocycles. The van der Waals surface area contributed by atoms with E-state index in [1.165, 1.54) is 24.3 Å². The number of amides is 1. The van der Waals surface area contributed by atoms with E-state index >= 15 is 0 Å². The molecule has 0 radical (unpaired) electrons. The molecule has 0 saturated heterocycles. The fourth-order valence-electron chi connectivity index (χ4n) is 3.08. The fraction of sp³-hybridized carbons (Fsp3) is 0.136. The second-order valence-electron chi connectivity index (χ2n) is 6.77. The lowest BCUT2D eigenvalue weighted by atomic mass is 10.2. The summed E-state index contributed by atoms with van der Waals surface area (Å²) in [4.78, 5) is 12.7. The Hall–Kier alpha value is -3.59. The first-order valence-corrected chi connectivity index (χ1v) is 10.9. The first-order chi connectivity index (χ1) is 14.9. The van der Waals surface area contributed by atoms with Gasteiger partial charge < -0.3 is 14.8 Å². The number of carbonyl (C=O) groups is 1. The smallest absolute Gasteiger partial charge is 0.264 e. The predicted octanol–water partition coefficient (Wildman–Crippen LogP) is 3.07. The van der Waals surface area contributed by atoms with Crippen LogP contribution in [0.25, 0.3) is 0 Å². The molecule has 1 heterocycles. The van der Waals surface area contributed by atoms with Gasteiger partial charge in [0.1, 0.15) is 12.4 Å². The summed E-state index contributed by atoms with van der Waals surface area (Å²) in [5, 5.41) is 2.71. The van der Waals surface area contributed by atoms with Crippen molar-refractivity contribution in [1.82, 2.24) is 5.32 Å². The molecule has 7 nitrogen and oxygen atoms in total. The van der Waals surface area contributed by atoms with Crippen molar-refractivity contribution in [3.05, 3.63) is 84.2 Å². The number of carbonyl (C=O) groups excluding carboxylic acids is 1. The number of benzene rings is 3. The van der Waals surface area contributed by atoms with Crippen LogP contribution in [0.2, 0.25) is 0 Å². The van der Waals surface area contributed by atoms with E-state index in [-0.39, 0.29) is 23.9 Å². The molecule has 0 atom stereocenters. The highest BCUT2D eigenvalue weighted by molar-refractivity contribution is 7.92. The van der Waals surface area contributed by atoms with Gasteiger partial charge in [-0.25, -0.2) is 12.8 Å². The van der Waals surface area contributed by atoms with Crippen LogP contribution in [-0.4, -0.2) is 27.7 Å². The van der Waals surface area contributed by atoms with Crippen molar-refractivity contribution in [2.75, 3.05) is 17.6 Å². The Labute approximate surface area is 179 Å². The zero-order valence-corrected chi connectivity index (χ0v) is 17.1. The second kappa shape index (κ2) is 8.65. The van der Waals surface area contributed by atoms with Crippen LogP contribution < -0.4 is 19.1 Å². The van der Waals surface area contributed by atoms with E-state index < -0.39 is 28.3 Å². The topological polar surface area (TPSA) is 84.9 Å². The standard InChI is InChI=1S/C22H19FN2O5S/c23-17-7-9-18(10-8-17)25(31(27,28)19-4-2-1-3-5-19)14-22(26)24-13-16-6-11-20-21(12-16)30-15-29-20/h1-12H,13-15H2,(H,24,26). The molecule has 160 valence electrons. The van der Waals surface area contributed by atoms with E-state index in [0.717, 1.165) is 22.0 Å². The summed E-state index contributed by atoms with van der Waals surface area (Å²) in [6.45, 7) is -0.138. The molecule has 31 heavy (non-hydrogen) atoms. The molecular formula is C22H19FN2O5S. The van der Waals surface area contributed by atoms with E-state index in [1.54, 1.807) is 36.4 Å². The minimum atomic E-state index is -4.04. The maximum atomic E-state index is 13.4. The van der Waals surface area contributed by atoms with Crippen molar-refractivity contribution >= 4 is 21.6 Å². The predicted molar refractivity (Wildman–Crippen MR) is 112 cm³/mol. The molecule has 1 aliphatic rings. The number of anilines is 1. The molecule has 1 N–H and O–H groups in total. The molecule has 0 fully saturated rings. The summed E-state index contributed by atoms with van der Waals surface area (Å²) in [7, 11) is -4.04. The third-order valence-corrected chi connectivity index (χ3v) is 6.45. The van der Waals surface area contributed by atoms with Gasteiger partial charge >= 0.3 is 0 Å². The van der Waals surface area contributed by atoms with Crippen molar-refractivity contribution in [2.24, 2.45) is 0 Å². The molecule has 3 aromatic rings. The van der Waals surface area contributed by atoms with Crippen LogP contribution in [-0.2, 0) is 21.4 Å². The quantitative estimate of drug-likeness (QED) is 0.608. The maximum Gasteiger partial charge on any atom is 0.264 e. The van der Waals surface area contributed by atoms with Crippen molar-refractivity contribution in [3.8, 4) is 11.5 Å². The Morgan fingerprint density at radius 3 is 2.42 bits per heavy atom. The Morgan fingerprint density at radius 1 is 0.968 bits per heavy atom. The average Bonchev–Trinajstić information content (AvgIpc) is 3.25. The van der Waals surface area contributed by atoms with Crippen LogP contribution in [0, 0.1) is 5.82 Å². The number of hydrogen-bond donors (Lipinski definition) is 1. The van der Waals surface area contributed by atoms with Crippen molar-refractivity contribution in [1.29, 1.82) is 0 Å². The molecule has 9 heteroatoms. The van der Waals surface area contributed by atoms with Crippen LogP contribution in [0.4, 0.5) is 10.1 Å². The zero-order chi connectivity index (χ0) is 21.8. The first kappa shape index (κ1) is 20.7. The van der Waals surface area contributed by atoms with Crippen LogP contribution in [0.15, 0.2) is 77.7 Å². The summed E-state index contributed by atoms with van der Waals surface area (Å²) in [5.74, 6) is 0.201. The number of ether oxygens (including phenoxy) is 2. The first-order valence-electron chi connectivity index (χ1n) is 9.42. The molecular weight excluding hydrogens is 423 g/mol. The van der Waals surface area contributed by atoms with Crippen LogP contribution in [0.3, 0.4) is 0 Å². The molecule has 1 aliphatic heterocycles. The highest BCUT2D eigenvalue weighted by Crippen LogP contribution is 2.32. The lowest BCUT2D eigenvalue weighted by Crippen LogP contribution is -2.40. The molecule has 0 bridgehead atoms. The molecule has 1 amide bonds. The van der Waals surface area contributed by atoms with Gasteiger partial charge in [-0.2, -0.15) is 0 Å². The lowest BCUT2D eigenvalue weighted by Gasteiger charge is -2.24. The second-order valence-corrected chi connectivity index (χ2v) is 8.63. The summed E-state index contributed by atoms with van der Waals surface area (Å²) >= 11 is 0. The van der Waals surface area contributed by atoms with Crippen molar-refractivity contribution in [3.63, 3.8) is 0 Å². The zero-order valence-electron chi connectivity index (χ0n) is 16.3. The number of nitrogens with one attached hydrogen (secondary N) is 1. The van der Waals surface area contributed by atoms with Gasteiger partial charge in [0.2, 0.25) is 12.7 Å². The SMILES string of the molecule is O=C(CN(c1ccc(F)cc1)S(=O)(=O)c1ccccc1)NCc1ccc2c(c1)OCO2. The van der Waals surface area contributed by atoms with Crippen LogP contribution >= 0.6 is 0 Å². The summed E-state index contributed by atoms with van der Waals surface area (Å²) in [6, 6.07) is 18.0. The Bertz CT molecular complexity index is 1180. The average molecular weight is 442 g/mol. The largest absolute Gasteiger partial charge is 0.454 e. The summed E-state index contributed by atoms with van der Waals surface area (Å²) in [5.41, 5.74) is 0.959. The van der Waals surface area contributed by atoms with E-state index in [2.05, 4.69) is 5.32 Å². The third kappa shape index (κ3) is 4.61. The number of rotatable bonds is 7. The van der Waals surface area contributed by atoms with Gasteiger partial charge in [-0.1, -0.05) is 24.3 Å². The fourth-order valence-corrected chi connectivity index (χ4v) is 4.52. The molecule has 0 saturated carbocycles. The maximum absolute atomic E-state index is 13.4. The minimum absolute atomic E-state index is 0.0305. The van der Waals surface area contributed by atoms with Gasteiger partial charge in [0.15, 0.2) is 11.5 Å². The normalized spacial score (nSPS) is 12.4. The van der Waals surface area contributed by atoms with E-state index in [1.807, 2.05) is 0 Å². The molecule has 4 rings (SSSR count). The minimum Gasteiger partial charge on any atom is -0.454 e. The molecule has 0 spiro atoms. The monoisotopic (exact) mass is 442 g/mol. The highest BCUT2D eigenvalue weighted by Gasteiger charge is 2.27. The van der Waals surface area contributed by atoms with Crippen molar-refractivity contribution < 1.29 is 27.1 Å². The van der Waals surface area contributed by atoms with E-state index in [9.17, 15) is 17.6 Å². The van der Waals surface area contributed by atoms with Gasteiger partial charge in [0.25, 0.3) is 10.0 Å². The lowest BCUT2D eigenvalue weighted by molar-refractivity contribution is -0.119. The molecule has 0 aliphatic carbocycles. The number of hydrogen-bond acceptors (Lipinski definition) is 5. The summed E-state index contributed by atoms with van der Waals surface area (Å²) in [6.07, 6.45) is 0. The number of fused-ring (bicyclic) bond motifs is 1. The van der Waals surface area contributed by atoms with Gasteiger partial charge in [-0.15, -0.1) is 0 Å². The van der Waals surface area contributed by atoms with Gasteiger partial charge in [0, 0.05) is 6.54 Å². The number of sulfonamides is 1. The third-order valence-electron chi connectivity index (χ3n) is 4.66. The highest BCUT2D eigenvalue weighted by atomic mass is 32.2. The molecule has 0 unspecified atom stereocenters. The van der Waals surface area contributed by atoms with E-state index in [4.69, 9.17) is 9.47 Å². The Balaban J connectivity index is 1.53. The van der Waals surface area contributed by atoms with Crippen molar-refractivity contribution in [2.45, 2.75) is 11.4 Å². The molecule has 0 aromatic heterocycles.